The minimum Gasteiger partial charge on any atom is -0.403 e. The normalized spacial score (nSPS) is 13.2. The molecule has 2 N–H and O–H groups in total. The Morgan fingerprint density at radius 2 is 2.10 bits per heavy atom. The third kappa shape index (κ3) is 3.61. The van der Waals surface area contributed by atoms with E-state index in [4.69, 9.17) is 21.1 Å². The van der Waals surface area contributed by atoms with Crippen LogP contribution in [0.25, 0.3) is 11.5 Å². The van der Waals surface area contributed by atoms with E-state index in [9.17, 15) is 13.2 Å². The van der Waals surface area contributed by atoms with Gasteiger partial charge in [-0.3, -0.25) is 0 Å². The van der Waals surface area contributed by atoms with Crippen LogP contribution in [-0.4, -0.2) is 34.1 Å². The van der Waals surface area contributed by atoms with Gasteiger partial charge in [0.05, 0.1) is 6.54 Å². The second-order valence-electron chi connectivity index (χ2n) is 3.86. The van der Waals surface area contributed by atoms with Gasteiger partial charge in [-0.05, 0) is 18.2 Å². The highest BCUT2D eigenvalue weighted by Crippen LogP contribution is 2.24. The average molecular weight is 308 g/mol. The Hall–Kier alpha value is -1.80. The van der Waals surface area contributed by atoms with E-state index >= 15 is 0 Å². The minimum atomic E-state index is -4.71. The molecule has 1 aromatic heterocycles. The van der Waals surface area contributed by atoms with Crippen molar-refractivity contribution >= 4 is 17.6 Å². The maximum atomic E-state index is 12.1. The number of aromatic nitrogens is 2. The van der Waals surface area contributed by atoms with Crippen LogP contribution < -0.4 is 5.32 Å². The fourth-order valence-electron chi connectivity index (χ4n) is 1.33. The largest absolute Gasteiger partial charge is 0.416 e. The first-order valence-corrected chi connectivity index (χ1v) is 5.82. The molecule has 0 spiro atoms. The topological polar surface area (TPSA) is 71.2 Å². The number of nitrogens with one attached hydrogen (secondary N) is 1. The molecule has 0 aliphatic heterocycles. The predicted molar refractivity (Wildman–Crippen MR) is 65.3 cm³/mol. The minimum absolute atomic E-state index is 0.108. The molecule has 0 aliphatic rings. The van der Waals surface area contributed by atoms with Crippen LogP contribution in [0.2, 0.25) is 5.02 Å². The Labute approximate surface area is 116 Å². The van der Waals surface area contributed by atoms with Crippen LogP contribution in [0.15, 0.2) is 28.7 Å². The van der Waals surface area contributed by atoms with Crippen LogP contribution in [0.5, 0.6) is 0 Å². The molecule has 9 heteroatoms. The van der Waals surface area contributed by atoms with Gasteiger partial charge in [0.15, 0.2) is 6.10 Å². The number of anilines is 1. The van der Waals surface area contributed by atoms with Crippen molar-refractivity contribution < 1.29 is 22.7 Å². The maximum Gasteiger partial charge on any atom is 0.416 e. The van der Waals surface area contributed by atoms with Gasteiger partial charge in [-0.1, -0.05) is 22.8 Å². The van der Waals surface area contributed by atoms with E-state index in [0.29, 0.717) is 10.6 Å². The van der Waals surface area contributed by atoms with Gasteiger partial charge in [0.1, 0.15) is 0 Å². The lowest BCUT2D eigenvalue weighted by Crippen LogP contribution is -2.35. The van der Waals surface area contributed by atoms with E-state index in [1.807, 2.05) is 0 Å². The van der Waals surface area contributed by atoms with Crippen molar-refractivity contribution in [2.24, 2.45) is 0 Å². The first-order valence-electron chi connectivity index (χ1n) is 5.44. The molecule has 0 saturated carbocycles. The van der Waals surface area contributed by atoms with Crippen LogP contribution in [0.1, 0.15) is 0 Å². The molecular formula is C11H9ClF3N3O2. The van der Waals surface area contributed by atoms with Crippen LogP contribution in [0.3, 0.4) is 0 Å². The molecule has 0 amide bonds. The van der Waals surface area contributed by atoms with E-state index in [-0.39, 0.29) is 11.9 Å². The molecule has 0 fully saturated rings. The van der Waals surface area contributed by atoms with Crippen molar-refractivity contribution in [3.05, 3.63) is 29.3 Å². The van der Waals surface area contributed by atoms with E-state index in [1.54, 1.807) is 24.3 Å². The molecule has 0 saturated heterocycles. The highest BCUT2D eigenvalue weighted by atomic mass is 35.5. The SMILES string of the molecule is O[C@H](CNc1nnc(-c2cccc(Cl)c2)o1)C(F)(F)F. The lowest BCUT2D eigenvalue weighted by atomic mass is 10.2. The summed E-state index contributed by atoms with van der Waals surface area (Å²) in [4.78, 5) is 0. The van der Waals surface area contributed by atoms with Crippen molar-refractivity contribution in [1.82, 2.24) is 10.2 Å². The number of aliphatic hydroxyl groups excluding tert-OH is 1. The summed E-state index contributed by atoms with van der Waals surface area (Å²) in [7, 11) is 0. The molecule has 2 rings (SSSR count). The standard InChI is InChI=1S/C11H9ClF3N3O2/c12-7-3-1-2-6(4-7)9-17-18-10(20-9)16-5-8(19)11(13,14)15/h1-4,8,19H,5H2,(H,16,18)/t8-/m1/s1. The van der Waals surface area contributed by atoms with Gasteiger partial charge < -0.3 is 14.8 Å². The second-order valence-corrected chi connectivity index (χ2v) is 4.30. The summed E-state index contributed by atoms with van der Waals surface area (Å²) >= 11 is 5.79. The van der Waals surface area contributed by atoms with Gasteiger partial charge in [-0.15, -0.1) is 5.10 Å². The monoisotopic (exact) mass is 307 g/mol. The number of hydrogen-bond acceptors (Lipinski definition) is 5. The zero-order valence-corrected chi connectivity index (χ0v) is 10.6. The molecule has 108 valence electrons. The molecule has 1 aromatic carbocycles. The Morgan fingerprint density at radius 1 is 1.35 bits per heavy atom. The third-order valence-corrected chi connectivity index (χ3v) is 2.56. The first-order chi connectivity index (χ1) is 9.36. The number of nitrogens with zero attached hydrogens (tertiary/aromatic N) is 2. The summed E-state index contributed by atoms with van der Waals surface area (Å²) in [6, 6.07) is 6.34. The Morgan fingerprint density at radius 3 is 2.75 bits per heavy atom. The summed E-state index contributed by atoms with van der Waals surface area (Å²) in [5.41, 5.74) is 0.536. The predicted octanol–water partition coefficient (Wildman–Crippen LogP) is 2.73. The number of rotatable bonds is 4. The van der Waals surface area contributed by atoms with Crippen LogP contribution >= 0.6 is 11.6 Å². The van der Waals surface area contributed by atoms with Gasteiger partial charge in [-0.25, -0.2) is 0 Å². The first kappa shape index (κ1) is 14.6. The molecule has 2 aromatic rings. The molecule has 0 aliphatic carbocycles. The molecule has 1 heterocycles. The number of alkyl halides is 3. The average Bonchev–Trinajstić information content (AvgIpc) is 2.83. The molecule has 1 atom stereocenters. The fourth-order valence-corrected chi connectivity index (χ4v) is 1.52. The smallest absolute Gasteiger partial charge is 0.403 e. The lowest BCUT2D eigenvalue weighted by molar-refractivity contribution is -0.198. The van der Waals surface area contributed by atoms with Crippen LogP contribution in [-0.2, 0) is 0 Å². The summed E-state index contributed by atoms with van der Waals surface area (Å²) in [5.74, 6) is 0.108. The Bertz CT molecular complexity index is 588. The summed E-state index contributed by atoms with van der Waals surface area (Å²) < 4.78 is 41.4. The number of benzene rings is 1. The van der Waals surface area contributed by atoms with Crippen molar-refractivity contribution in [3.8, 4) is 11.5 Å². The molecule has 5 nitrogen and oxygen atoms in total. The van der Waals surface area contributed by atoms with E-state index in [2.05, 4.69) is 15.5 Å². The van der Waals surface area contributed by atoms with Gasteiger partial charge >= 0.3 is 12.2 Å². The summed E-state index contributed by atoms with van der Waals surface area (Å²) in [6.45, 7) is -0.777. The van der Waals surface area contributed by atoms with Crippen molar-refractivity contribution in [2.45, 2.75) is 12.3 Å². The van der Waals surface area contributed by atoms with Crippen LogP contribution in [0, 0.1) is 0 Å². The molecule has 0 radical (unpaired) electrons. The molecule has 0 bridgehead atoms. The zero-order chi connectivity index (χ0) is 14.8. The van der Waals surface area contributed by atoms with Gasteiger partial charge in [0.2, 0.25) is 5.89 Å². The van der Waals surface area contributed by atoms with Gasteiger partial charge in [0, 0.05) is 10.6 Å². The summed E-state index contributed by atoms with van der Waals surface area (Å²) in [6.07, 6.45) is -7.22. The molecule has 20 heavy (non-hydrogen) atoms. The van der Waals surface area contributed by atoms with Crippen LogP contribution in [0.4, 0.5) is 19.2 Å². The van der Waals surface area contributed by atoms with Gasteiger partial charge in [0.25, 0.3) is 0 Å². The third-order valence-electron chi connectivity index (χ3n) is 2.32. The van der Waals surface area contributed by atoms with Crippen molar-refractivity contribution in [1.29, 1.82) is 0 Å². The Kier molecular flexibility index (Phi) is 4.15. The number of halogens is 4. The zero-order valence-electron chi connectivity index (χ0n) is 9.86. The fraction of sp³-hybridized carbons (Fsp3) is 0.273. The highest BCUT2D eigenvalue weighted by molar-refractivity contribution is 6.30. The van der Waals surface area contributed by atoms with Gasteiger partial charge in [-0.2, -0.15) is 13.2 Å². The maximum absolute atomic E-state index is 12.1. The van der Waals surface area contributed by atoms with E-state index < -0.39 is 18.8 Å². The highest BCUT2D eigenvalue weighted by Gasteiger charge is 2.38. The van der Waals surface area contributed by atoms with Crippen molar-refractivity contribution in [3.63, 3.8) is 0 Å². The van der Waals surface area contributed by atoms with Crippen molar-refractivity contribution in [2.75, 3.05) is 11.9 Å². The number of aliphatic hydroxyl groups is 1. The lowest BCUT2D eigenvalue weighted by Gasteiger charge is -2.13. The van der Waals surface area contributed by atoms with E-state index in [0.717, 1.165) is 0 Å². The number of hydrogen-bond donors (Lipinski definition) is 2. The quantitative estimate of drug-likeness (QED) is 0.909. The Balaban J connectivity index is 2.03. The molecule has 0 unspecified atom stereocenters. The second kappa shape index (κ2) is 5.68. The van der Waals surface area contributed by atoms with E-state index in [1.165, 1.54) is 0 Å². The molecular weight excluding hydrogens is 299 g/mol. The summed E-state index contributed by atoms with van der Waals surface area (Å²) in [5, 5.41) is 18.7.